The van der Waals surface area contributed by atoms with Crippen molar-refractivity contribution in [3.63, 3.8) is 0 Å². The van der Waals surface area contributed by atoms with Crippen LogP contribution in [0.4, 0.5) is 11.6 Å². The summed E-state index contributed by atoms with van der Waals surface area (Å²) in [6, 6.07) is 20.8. The van der Waals surface area contributed by atoms with Crippen LogP contribution >= 0.6 is 0 Å². The highest BCUT2D eigenvalue weighted by atomic mass is 16.5. The van der Waals surface area contributed by atoms with Gasteiger partial charge in [-0.15, -0.1) is 0 Å². The lowest BCUT2D eigenvalue weighted by Gasteiger charge is -2.38. The molecule has 4 aliphatic rings. The van der Waals surface area contributed by atoms with E-state index < -0.39 is 17.4 Å². The third kappa shape index (κ3) is 9.34. The van der Waals surface area contributed by atoms with Gasteiger partial charge in [0.2, 0.25) is 11.9 Å². The number of hydrogen-bond acceptors (Lipinski definition) is 13. The number of nitrogens with one attached hydrogen (secondary N) is 2. The van der Waals surface area contributed by atoms with Crippen molar-refractivity contribution in [3.8, 4) is 22.8 Å². The van der Waals surface area contributed by atoms with E-state index in [2.05, 4.69) is 31.5 Å². The number of imide groups is 1. The van der Waals surface area contributed by atoms with Gasteiger partial charge in [-0.3, -0.25) is 29.1 Å². The normalized spacial score (nSPS) is 20.7. The molecule has 1 aromatic heterocycles. The Labute approximate surface area is 342 Å². The number of piperidine rings is 1. The highest BCUT2D eigenvalue weighted by molar-refractivity contribution is 6.23. The van der Waals surface area contributed by atoms with Gasteiger partial charge in [-0.05, 0) is 60.5 Å². The zero-order chi connectivity index (χ0) is 40.6. The summed E-state index contributed by atoms with van der Waals surface area (Å²) in [7, 11) is 0. The van der Waals surface area contributed by atoms with E-state index in [1.54, 1.807) is 24.4 Å². The maximum absolute atomic E-state index is 13.4. The van der Waals surface area contributed by atoms with Gasteiger partial charge >= 0.3 is 0 Å². The first kappa shape index (κ1) is 39.8. The molecule has 8 rings (SSSR count). The number of hydrogen-bond donors (Lipinski definition) is 2. The number of anilines is 2. The molecule has 2 fully saturated rings. The van der Waals surface area contributed by atoms with E-state index in [0.717, 1.165) is 71.4 Å². The molecule has 1 unspecified atom stereocenters. The second-order valence-electron chi connectivity index (χ2n) is 14.9. The van der Waals surface area contributed by atoms with Crippen molar-refractivity contribution in [2.75, 3.05) is 77.6 Å². The molecule has 59 heavy (non-hydrogen) atoms. The molecule has 1 atom stereocenters. The summed E-state index contributed by atoms with van der Waals surface area (Å²) in [6.45, 7) is 7.58. The largest absolute Gasteiger partial charge is 0.492 e. The summed E-state index contributed by atoms with van der Waals surface area (Å²) in [5.41, 5.74) is 3.65. The number of carbonyl (C=O) groups excluding carboxylic acids is 4. The third-order valence-corrected chi connectivity index (χ3v) is 11.0. The molecular weight excluding hydrogens is 755 g/mol. The monoisotopic (exact) mass is 801 g/mol. The molecule has 3 aromatic carbocycles. The van der Waals surface area contributed by atoms with Crippen LogP contribution in [0.25, 0.3) is 11.3 Å². The molecule has 0 radical (unpaired) electrons. The van der Waals surface area contributed by atoms with Gasteiger partial charge in [0, 0.05) is 75.2 Å². The summed E-state index contributed by atoms with van der Waals surface area (Å²) < 4.78 is 24.2. The number of piperazine rings is 1. The predicted molar refractivity (Wildman–Crippen MR) is 217 cm³/mol. The van der Waals surface area contributed by atoms with Crippen molar-refractivity contribution in [1.29, 1.82) is 0 Å². The number of nitrogens with zero attached hydrogens (tertiary/aromatic N) is 5. The fourth-order valence-corrected chi connectivity index (χ4v) is 7.69. The Bertz CT molecular complexity index is 2210. The van der Waals surface area contributed by atoms with Crippen LogP contribution in [0.5, 0.6) is 11.5 Å². The summed E-state index contributed by atoms with van der Waals surface area (Å²) in [6.07, 6.45) is 6.43. The molecule has 0 aliphatic carbocycles. The average molecular weight is 802 g/mol. The number of aldehydes is 1. The average Bonchev–Trinajstić information content (AvgIpc) is 3.51. The lowest BCUT2D eigenvalue weighted by Crippen LogP contribution is -2.61. The SMILES string of the molecule is O=CC1(N2C(=O)c3ccc(OCCN4CCN(CCOc5ccc6cc5COC/C=C/COCc5cccc(c5)-c5ccnc(n5)N6)CC4)cc3C2=O)CCC(=O)NC1. The Hall–Kier alpha value is -6.00. The molecule has 15 heteroatoms. The maximum atomic E-state index is 13.4. The quantitative estimate of drug-likeness (QED) is 0.135. The second-order valence-corrected chi connectivity index (χ2v) is 14.9. The number of rotatable bonds is 10. The molecule has 15 nitrogen and oxygen atoms in total. The van der Waals surface area contributed by atoms with Crippen molar-refractivity contribution in [1.82, 2.24) is 30.0 Å². The summed E-state index contributed by atoms with van der Waals surface area (Å²) in [4.78, 5) is 65.4. The summed E-state index contributed by atoms with van der Waals surface area (Å²) in [5, 5.41) is 5.96. The Morgan fingerprint density at radius 1 is 0.814 bits per heavy atom. The molecule has 3 amide bonds. The van der Waals surface area contributed by atoms with Crippen LogP contribution in [-0.2, 0) is 32.3 Å². The van der Waals surface area contributed by atoms with Gasteiger partial charge in [-0.25, -0.2) is 9.97 Å². The zero-order valence-corrected chi connectivity index (χ0v) is 32.8. The van der Waals surface area contributed by atoms with E-state index in [0.29, 0.717) is 64.2 Å². The predicted octanol–water partition coefficient (Wildman–Crippen LogP) is 4.01. The van der Waals surface area contributed by atoms with Crippen LogP contribution in [0.2, 0.25) is 0 Å². The Morgan fingerprint density at radius 2 is 1.58 bits per heavy atom. The standard InChI is InChI=1S/C44H47N7O8/c52-30-44(12-10-40(53)46-29-44)51-41(54)36-8-7-35(26-37(36)42(51)55)58-22-18-49-14-16-50(17-15-49)19-23-59-39-9-6-34-25-33(39)28-57-21-2-1-20-56-27-31-4-3-5-32(24-31)38-11-13-45-43(47-34)48-38/h1-9,11,13,24-26,30H,10,12,14-23,27-29H2,(H,46,53)(H,45,47,48)/b2-1+. The number of aromatic nitrogens is 2. The lowest BCUT2D eigenvalue weighted by atomic mass is 9.89. The topological polar surface area (TPSA) is 165 Å². The maximum Gasteiger partial charge on any atom is 0.262 e. The Kier molecular flexibility index (Phi) is 12.3. The molecule has 2 saturated heterocycles. The highest BCUT2D eigenvalue weighted by Gasteiger charge is 2.51. The number of fused-ring (bicyclic) bond motifs is 8. The first-order valence-corrected chi connectivity index (χ1v) is 20.0. The number of benzene rings is 3. The van der Waals surface area contributed by atoms with Crippen LogP contribution in [-0.4, -0.2) is 126 Å². The van der Waals surface area contributed by atoms with Gasteiger partial charge < -0.3 is 34.4 Å². The molecule has 5 heterocycles. The van der Waals surface area contributed by atoms with Crippen molar-refractivity contribution >= 4 is 35.6 Å². The third-order valence-electron chi connectivity index (χ3n) is 11.0. The Balaban J connectivity index is 0.811. The van der Waals surface area contributed by atoms with Gasteiger partial charge in [0.25, 0.3) is 11.8 Å². The van der Waals surface area contributed by atoms with Gasteiger partial charge in [0.05, 0.1) is 43.2 Å². The molecule has 4 aromatic rings. The van der Waals surface area contributed by atoms with Crippen LogP contribution in [0.15, 0.2) is 85.1 Å². The van der Waals surface area contributed by atoms with Crippen LogP contribution in [0, 0.1) is 0 Å². The van der Waals surface area contributed by atoms with E-state index in [9.17, 15) is 19.2 Å². The summed E-state index contributed by atoms with van der Waals surface area (Å²) in [5.74, 6) is 0.422. The van der Waals surface area contributed by atoms with Gasteiger partial charge in [-0.2, -0.15) is 0 Å². The number of carbonyl (C=O) groups is 4. The first-order valence-electron chi connectivity index (χ1n) is 20.0. The minimum atomic E-state index is -1.39. The smallest absolute Gasteiger partial charge is 0.262 e. The van der Waals surface area contributed by atoms with E-state index in [-0.39, 0.29) is 36.4 Å². The van der Waals surface area contributed by atoms with Crippen molar-refractivity contribution < 1.29 is 38.1 Å². The summed E-state index contributed by atoms with van der Waals surface area (Å²) >= 11 is 0. The minimum absolute atomic E-state index is 0.0611. The fourth-order valence-electron chi connectivity index (χ4n) is 7.69. The lowest BCUT2D eigenvalue weighted by molar-refractivity contribution is -0.127. The van der Waals surface area contributed by atoms with Crippen molar-refractivity contribution in [3.05, 3.63) is 107 Å². The number of amides is 3. The van der Waals surface area contributed by atoms with Gasteiger partial charge in [0.1, 0.15) is 36.5 Å². The van der Waals surface area contributed by atoms with Crippen molar-refractivity contribution in [2.24, 2.45) is 0 Å². The van der Waals surface area contributed by atoms with Gasteiger partial charge in [0.15, 0.2) is 0 Å². The van der Waals surface area contributed by atoms with Crippen LogP contribution in [0.1, 0.15) is 44.7 Å². The van der Waals surface area contributed by atoms with E-state index in [4.69, 9.17) is 23.9 Å². The second kappa shape index (κ2) is 18.3. The molecule has 2 N–H and O–H groups in total. The highest BCUT2D eigenvalue weighted by Crippen LogP contribution is 2.34. The molecule has 0 spiro atoms. The van der Waals surface area contributed by atoms with E-state index in [1.165, 1.54) is 0 Å². The van der Waals surface area contributed by atoms with E-state index >= 15 is 0 Å². The minimum Gasteiger partial charge on any atom is -0.492 e. The van der Waals surface area contributed by atoms with Gasteiger partial charge in [-0.1, -0.05) is 30.4 Å². The zero-order valence-electron chi connectivity index (χ0n) is 32.8. The van der Waals surface area contributed by atoms with Crippen LogP contribution in [0.3, 0.4) is 0 Å². The molecule has 0 saturated carbocycles. The molecule has 6 bridgehead atoms. The molecule has 306 valence electrons. The van der Waals surface area contributed by atoms with E-state index in [1.807, 2.05) is 54.6 Å². The molecular formula is C44H47N7O8. The molecule has 4 aliphatic heterocycles. The fraction of sp³-hybridized carbons (Fsp3) is 0.364. The Morgan fingerprint density at radius 3 is 2.34 bits per heavy atom. The number of ether oxygens (including phenoxy) is 4. The first-order chi connectivity index (χ1) is 28.9. The van der Waals surface area contributed by atoms with Crippen LogP contribution < -0.4 is 20.1 Å². The van der Waals surface area contributed by atoms with Crippen molar-refractivity contribution in [2.45, 2.75) is 31.6 Å².